The van der Waals surface area contributed by atoms with Crippen molar-refractivity contribution in [2.75, 3.05) is 18.4 Å². The molecule has 2 rings (SSSR count). The minimum absolute atomic E-state index is 0.661. The Morgan fingerprint density at radius 3 is 2.16 bits per heavy atom. The molecule has 0 aliphatic carbocycles. The monoisotopic (exact) mass is 356 g/mol. The minimum atomic E-state index is 0.661. The second-order valence-electron chi connectivity index (χ2n) is 6.26. The molecule has 4 heteroatoms. The van der Waals surface area contributed by atoms with Crippen molar-refractivity contribution in [1.82, 2.24) is 5.32 Å². The van der Waals surface area contributed by atoms with E-state index in [-0.39, 0.29) is 0 Å². The zero-order valence-corrected chi connectivity index (χ0v) is 16.4. The first-order chi connectivity index (χ1) is 12.2. The number of rotatable bonds is 8. The van der Waals surface area contributed by atoms with E-state index in [4.69, 9.17) is 12.2 Å². The third kappa shape index (κ3) is 6.15. The molecule has 0 amide bonds. The van der Waals surface area contributed by atoms with Gasteiger partial charge < -0.3 is 15.5 Å². The van der Waals surface area contributed by atoms with Crippen LogP contribution >= 0.6 is 12.2 Å². The van der Waals surface area contributed by atoms with Gasteiger partial charge in [0, 0.05) is 17.8 Å². The van der Waals surface area contributed by atoms with Gasteiger partial charge in [-0.15, -0.1) is 0 Å². The number of anilines is 1. The van der Waals surface area contributed by atoms with Crippen LogP contribution in [0.4, 0.5) is 5.69 Å². The van der Waals surface area contributed by atoms with Crippen LogP contribution in [-0.2, 0) is 19.5 Å². The van der Waals surface area contributed by atoms with Gasteiger partial charge in [-0.2, -0.15) is 0 Å². The van der Waals surface area contributed by atoms with E-state index in [9.17, 15) is 0 Å². The molecule has 3 N–H and O–H groups in total. The molecular weight excluding hydrogens is 326 g/mol. The van der Waals surface area contributed by atoms with Crippen LogP contribution in [-0.4, -0.2) is 18.2 Å². The fraction of sp³-hybridized carbons (Fsp3) is 0.381. The average Bonchev–Trinajstić information content (AvgIpc) is 2.65. The van der Waals surface area contributed by atoms with Crippen LogP contribution in [0, 0.1) is 0 Å². The van der Waals surface area contributed by atoms with Crippen molar-refractivity contribution < 1.29 is 4.90 Å². The highest BCUT2D eigenvalue weighted by molar-refractivity contribution is 7.80. The average molecular weight is 357 g/mol. The van der Waals surface area contributed by atoms with Crippen LogP contribution in [0.25, 0.3) is 0 Å². The Morgan fingerprint density at radius 1 is 0.920 bits per heavy atom. The second kappa shape index (κ2) is 10.2. The molecule has 0 saturated carbocycles. The lowest BCUT2D eigenvalue weighted by molar-refractivity contribution is -0.910. The van der Waals surface area contributed by atoms with Crippen molar-refractivity contribution in [3.63, 3.8) is 0 Å². The first-order valence-electron chi connectivity index (χ1n) is 9.20. The number of nitrogens with one attached hydrogen (secondary N) is 3. The Labute approximate surface area is 157 Å². The predicted molar refractivity (Wildman–Crippen MR) is 111 cm³/mol. The lowest BCUT2D eigenvalue weighted by Crippen LogP contribution is -3.10. The second-order valence-corrected chi connectivity index (χ2v) is 6.67. The lowest BCUT2D eigenvalue weighted by atomic mass is 10.1. The van der Waals surface area contributed by atoms with E-state index in [2.05, 4.69) is 79.9 Å². The summed E-state index contributed by atoms with van der Waals surface area (Å²) < 4.78 is 0. The third-order valence-electron chi connectivity index (χ3n) is 4.62. The highest BCUT2D eigenvalue weighted by atomic mass is 32.1. The molecule has 3 nitrogen and oxygen atoms in total. The standard InChI is InChI=1S/C21H29N3S/c1-4-17-11-13-20(14-12-17)23-21(25)22-15-18-9-7-8-10-19(18)16-24(5-2)6-3/h7-14H,4-6,15-16H2,1-3H3,(H2,22,23,25)/p+1. The molecule has 2 aromatic rings. The Morgan fingerprint density at radius 2 is 1.56 bits per heavy atom. The normalized spacial score (nSPS) is 10.7. The summed E-state index contributed by atoms with van der Waals surface area (Å²) in [5.74, 6) is 0. The van der Waals surface area contributed by atoms with E-state index in [0.717, 1.165) is 38.3 Å². The first-order valence-corrected chi connectivity index (χ1v) is 9.61. The quantitative estimate of drug-likeness (QED) is 0.635. The van der Waals surface area contributed by atoms with Gasteiger partial charge in [0.25, 0.3) is 0 Å². The maximum Gasteiger partial charge on any atom is 0.171 e. The summed E-state index contributed by atoms with van der Waals surface area (Å²) in [5, 5.41) is 7.26. The molecule has 0 bridgehead atoms. The van der Waals surface area contributed by atoms with Crippen LogP contribution in [0.5, 0.6) is 0 Å². The highest BCUT2D eigenvalue weighted by Crippen LogP contribution is 2.11. The molecule has 0 aromatic heterocycles. The Kier molecular flexibility index (Phi) is 7.89. The van der Waals surface area contributed by atoms with Crippen LogP contribution < -0.4 is 15.5 Å². The van der Waals surface area contributed by atoms with E-state index in [0.29, 0.717) is 5.11 Å². The molecule has 0 atom stereocenters. The van der Waals surface area contributed by atoms with Crippen molar-refractivity contribution in [2.45, 2.75) is 40.3 Å². The van der Waals surface area contributed by atoms with E-state index in [1.54, 1.807) is 4.90 Å². The number of aryl methyl sites for hydroxylation is 1. The van der Waals surface area contributed by atoms with Gasteiger partial charge >= 0.3 is 0 Å². The summed E-state index contributed by atoms with van der Waals surface area (Å²) in [6.45, 7) is 10.7. The number of hydrogen-bond acceptors (Lipinski definition) is 1. The number of benzene rings is 2. The molecule has 0 spiro atoms. The van der Waals surface area contributed by atoms with Gasteiger partial charge in [0.2, 0.25) is 0 Å². The highest BCUT2D eigenvalue weighted by Gasteiger charge is 2.09. The van der Waals surface area contributed by atoms with Crippen LogP contribution in [0.1, 0.15) is 37.5 Å². The summed E-state index contributed by atoms with van der Waals surface area (Å²) in [4.78, 5) is 1.59. The molecule has 0 saturated heterocycles. The van der Waals surface area contributed by atoms with Crippen molar-refractivity contribution >= 4 is 23.0 Å². The van der Waals surface area contributed by atoms with Crippen molar-refractivity contribution in [2.24, 2.45) is 0 Å². The van der Waals surface area contributed by atoms with Gasteiger partial charge in [-0.1, -0.05) is 43.3 Å². The van der Waals surface area contributed by atoms with Gasteiger partial charge in [-0.25, -0.2) is 0 Å². The van der Waals surface area contributed by atoms with Gasteiger partial charge in [0.1, 0.15) is 6.54 Å². The molecular formula is C21H30N3S+. The van der Waals surface area contributed by atoms with E-state index >= 15 is 0 Å². The van der Waals surface area contributed by atoms with Gasteiger partial charge in [0.15, 0.2) is 5.11 Å². The maximum atomic E-state index is 5.45. The summed E-state index contributed by atoms with van der Waals surface area (Å²) in [6, 6.07) is 17.0. The van der Waals surface area contributed by atoms with Crippen LogP contribution in [0.2, 0.25) is 0 Å². The van der Waals surface area contributed by atoms with Gasteiger partial charge in [0.05, 0.1) is 13.1 Å². The molecule has 0 unspecified atom stereocenters. The SMILES string of the molecule is CCc1ccc(NC(=S)NCc2ccccc2C[NH+](CC)CC)cc1. The molecule has 134 valence electrons. The minimum Gasteiger partial charge on any atom is -0.358 e. The van der Waals surface area contributed by atoms with Crippen molar-refractivity contribution in [1.29, 1.82) is 0 Å². The summed E-state index contributed by atoms with van der Waals surface area (Å²) in [6.07, 6.45) is 1.05. The van der Waals surface area contributed by atoms with E-state index in [1.807, 2.05) is 0 Å². The smallest absolute Gasteiger partial charge is 0.171 e. The summed E-state index contributed by atoms with van der Waals surface area (Å²) in [7, 11) is 0. The van der Waals surface area contributed by atoms with Crippen molar-refractivity contribution in [3.8, 4) is 0 Å². The van der Waals surface area contributed by atoms with Crippen LogP contribution in [0.3, 0.4) is 0 Å². The zero-order valence-electron chi connectivity index (χ0n) is 15.6. The molecule has 25 heavy (non-hydrogen) atoms. The summed E-state index contributed by atoms with van der Waals surface area (Å²) in [5.41, 5.74) is 5.06. The topological polar surface area (TPSA) is 28.5 Å². The Balaban J connectivity index is 1.92. The lowest BCUT2D eigenvalue weighted by Gasteiger charge is -2.18. The molecule has 0 radical (unpaired) electrons. The van der Waals surface area contributed by atoms with E-state index < -0.39 is 0 Å². The fourth-order valence-corrected chi connectivity index (χ4v) is 3.04. The molecule has 0 fully saturated rings. The zero-order chi connectivity index (χ0) is 18.1. The third-order valence-corrected chi connectivity index (χ3v) is 4.86. The molecule has 0 aliphatic heterocycles. The van der Waals surface area contributed by atoms with E-state index in [1.165, 1.54) is 16.7 Å². The maximum absolute atomic E-state index is 5.45. The molecule has 0 heterocycles. The molecule has 0 aliphatic rings. The largest absolute Gasteiger partial charge is 0.358 e. The predicted octanol–water partition coefficient (Wildman–Crippen LogP) is 3.16. The van der Waals surface area contributed by atoms with Gasteiger partial charge in [-0.05, 0) is 55.7 Å². The number of hydrogen-bond donors (Lipinski definition) is 3. The Bertz CT molecular complexity index is 663. The Hall–Kier alpha value is -1.91. The fourth-order valence-electron chi connectivity index (χ4n) is 2.85. The van der Waals surface area contributed by atoms with Crippen molar-refractivity contribution in [3.05, 3.63) is 65.2 Å². The number of thiocarbonyl (C=S) groups is 1. The first kappa shape index (κ1) is 19.4. The van der Waals surface area contributed by atoms with Gasteiger partial charge in [-0.3, -0.25) is 0 Å². The number of quaternary nitrogens is 1. The molecule has 2 aromatic carbocycles. The summed E-state index contributed by atoms with van der Waals surface area (Å²) >= 11 is 5.45. The van der Waals surface area contributed by atoms with Crippen LogP contribution in [0.15, 0.2) is 48.5 Å².